The molecule has 1 heterocycles. The maximum Gasteiger partial charge on any atom is 0.409 e. The highest BCUT2D eigenvalue weighted by atomic mass is 16.5. The van der Waals surface area contributed by atoms with Gasteiger partial charge in [0.25, 0.3) is 5.91 Å². The molecular weight excluding hydrogens is 310 g/mol. The van der Waals surface area contributed by atoms with Gasteiger partial charge in [-0.1, -0.05) is 12.1 Å². The number of carbonyl (C=O) groups is 2. The number of ether oxygens (including phenoxy) is 2. The summed E-state index contributed by atoms with van der Waals surface area (Å²) in [6.45, 7) is 6.56. The predicted molar refractivity (Wildman–Crippen MR) is 90.4 cm³/mol. The average molecular weight is 335 g/mol. The molecule has 1 N–H and O–H groups in total. The molecule has 132 valence electrons. The van der Waals surface area contributed by atoms with Crippen LogP contribution >= 0.6 is 0 Å². The molecule has 0 spiro atoms. The summed E-state index contributed by atoms with van der Waals surface area (Å²) >= 11 is 0. The minimum atomic E-state index is -0.282. The van der Waals surface area contributed by atoms with Crippen LogP contribution < -0.4 is 10.1 Å². The van der Waals surface area contributed by atoms with Crippen molar-refractivity contribution in [3.63, 3.8) is 0 Å². The number of piperazine rings is 1. The van der Waals surface area contributed by atoms with Gasteiger partial charge in [0.2, 0.25) is 0 Å². The van der Waals surface area contributed by atoms with Gasteiger partial charge in [-0.05, 0) is 19.1 Å². The molecule has 0 aromatic heterocycles. The van der Waals surface area contributed by atoms with Crippen LogP contribution in [0.4, 0.5) is 4.79 Å². The van der Waals surface area contributed by atoms with Crippen molar-refractivity contribution in [2.45, 2.75) is 6.92 Å². The molecule has 1 aliphatic heterocycles. The number of para-hydroxylation sites is 1. The minimum absolute atomic E-state index is 0.132. The van der Waals surface area contributed by atoms with E-state index in [-0.39, 0.29) is 12.0 Å². The summed E-state index contributed by atoms with van der Waals surface area (Å²) in [5.74, 6) is 0.469. The predicted octanol–water partition coefficient (Wildman–Crippen LogP) is 1.20. The van der Waals surface area contributed by atoms with Crippen molar-refractivity contribution in [2.75, 3.05) is 53.0 Å². The molecule has 0 saturated carbocycles. The number of methoxy groups -OCH3 is 1. The van der Waals surface area contributed by atoms with Crippen LogP contribution in [0.2, 0.25) is 0 Å². The normalized spacial score (nSPS) is 15.0. The molecule has 0 aliphatic carbocycles. The molecule has 1 saturated heterocycles. The Hall–Kier alpha value is -2.28. The fourth-order valence-corrected chi connectivity index (χ4v) is 2.64. The molecule has 1 fully saturated rings. The van der Waals surface area contributed by atoms with Crippen LogP contribution in [-0.2, 0) is 4.74 Å². The molecule has 7 heteroatoms. The van der Waals surface area contributed by atoms with Crippen molar-refractivity contribution in [1.82, 2.24) is 15.1 Å². The van der Waals surface area contributed by atoms with Crippen molar-refractivity contribution in [2.24, 2.45) is 0 Å². The first-order valence-corrected chi connectivity index (χ1v) is 8.21. The zero-order chi connectivity index (χ0) is 17.4. The Morgan fingerprint density at radius 2 is 1.88 bits per heavy atom. The standard InChI is InChI=1S/C17H25N3O4/c1-3-24-15-7-5-4-6-14(15)16(21)18-8-9-19-10-12-20(13-11-19)17(22)23-2/h4-7H,3,8-13H2,1-2H3,(H,18,21). The van der Waals surface area contributed by atoms with E-state index in [1.54, 1.807) is 17.0 Å². The zero-order valence-electron chi connectivity index (χ0n) is 14.3. The summed E-state index contributed by atoms with van der Waals surface area (Å²) in [6.07, 6.45) is -0.282. The first-order valence-electron chi connectivity index (χ1n) is 8.21. The first-order chi connectivity index (χ1) is 11.7. The van der Waals surface area contributed by atoms with E-state index in [9.17, 15) is 9.59 Å². The van der Waals surface area contributed by atoms with Gasteiger partial charge in [-0.3, -0.25) is 9.69 Å². The number of benzene rings is 1. The monoisotopic (exact) mass is 335 g/mol. The largest absolute Gasteiger partial charge is 0.493 e. The van der Waals surface area contributed by atoms with E-state index in [0.29, 0.717) is 37.6 Å². The molecule has 0 unspecified atom stereocenters. The van der Waals surface area contributed by atoms with Crippen LogP contribution in [0.1, 0.15) is 17.3 Å². The lowest BCUT2D eigenvalue weighted by Crippen LogP contribution is -2.50. The van der Waals surface area contributed by atoms with Crippen LogP contribution in [-0.4, -0.2) is 74.8 Å². The highest BCUT2D eigenvalue weighted by molar-refractivity contribution is 5.96. The Morgan fingerprint density at radius 1 is 1.17 bits per heavy atom. The quantitative estimate of drug-likeness (QED) is 0.846. The third kappa shape index (κ3) is 4.86. The highest BCUT2D eigenvalue weighted by Crippen LogP contribution is 2.17. The summed E-state index contributed by atoms with van der Waals surface area (Å²) in [7, 11) is 1.39. The molecule has 1 aliphatic rings. The molecule has 2 amide bonds. The van der Waals surface area contributed by atoms with Gasteiger partial charge in [-0.2, -0.15) is 0 Å². The Morgan fingerprint density at radius 3 is 2.54 bits per heavy atom. The zero-order valence-corrected chi connectivity index (χ0v) is 14.3. The number of hydrogen-bond donors (Lipinski definition) is 1. The SMILES string of the molecule is CCOc1ccccc1C(=O)NCCN1CCN(C(=O)OC)CC1. The average Bonchev–Trinajstić information content (AvgIpc) is 2.62. The lowest BCUT2D eigenvalue weighted by molar-refractivity contribution is 0.0883. The third-order valence-corrected chi connectivity index (χ3v) is 3.95. The lowest BCUT2D eigenvalue weighted by atomic mass is 10.2. The Kier molecular flexibility index (Phi) is 6.87. The van der Waals surface area contributed by atoms with Crippen LogP contribution in [0, 0.1) is 0 Å². The van der Waals surface area contributed by atoms with E-state index < -0.39 is 0 Å². The van der Waals surface area contributed by atoms with Gasteiger partial charge in [0.05, 0.1) is 19.3 Å². The van der Waals surface area contributed by atoms with E-state index in [1.807, 2.05) is 19.1 Å². The summed E-state index contributed by atoms with van der Waals surface area (Å²) in [4.78, 5) is 27.6. The maximum absolute atomic E-state index is 12.3. The minimum Gasteiger partial charge on any atom is -0.493 e. The number of hydrogen-bond acceptors (Lipinski definition) is 5. The van der Waals surface area contributed by atoms with Gasteiger partial charge < -0.3 is 19.7 Å². The molecule has 0 radical (unpaired) electrons. The Bertz CT molecular complexity index is 557. The van der Waals surface area contributed by atoms with Crippen molar-refractivity contribution < 1.29 is 19.1 Å². The summed E-state index contributed by atoms with van der Waals surface area (Å²) < 4.78 is 10.2. The highest BCUT2D eigenvalue weighted by Gasteiger charge is 2.21. The van der Waals surface area contributed by atoms with Crippen LogP contribution in [0.25, 0.3) is 0 Å². The molecule has 24 heavy (non-hydrogen) atoms. The first kappa shape index (κ1) is 18.1. The van der Waals surface area contributed by atoms with Crippen molar-refractivity contribution >= 4 is 12.0 Å². The Labute approximate surface area is 142 Å². The van der Waals surface area contributed by atoms with Crippen LogP contribution in [0.5, 0.6) is 5.75 Å². The second kappa shape index (κ2) is 9.12. The summed E-state index contributed by atoms with van der Waals surface area (Å²) in [6, 6.07) is 7.23. The second-order valence-corrected chi connectivity index (χ2v) is 5.48. The number of nitrogens with one attached hydrogen (secondary N) is 1. The van der Waals surface area contributed by atoms with Crippen LogP contribution in [0.15, 0.2) is 24.3 Å². The number of nitrogens with zero attached hydrogens (tertiary/aromatic N) is 2. The van der Waals surface area contributed by atoms with Crippen molar-refractivity contribution in [1.29, 1.82) is 0 Å². The summed E-state index contributed by atoms with van der Waals surface area (Å²) in [5.41, 5.74) is 0.551. The van der Waals surface area contributed by atoms with Crippen molar-refractivity contribution in [3.05, 3.63) is 29.8 Å². The van der Waals surface area contributed by atoms with E-state index in [2.05, 4.69) is 10.2 Å². The van der Waals surface area contributed by atoms with E-state index in [4.69, 9.17) is 9.47 Å². The molecular formula is C17H25N3O4. The fraction of sp³-hybridized carbons (Fsp3) is 0.529. The Balaban J connectivity index is 1.75. The van der Waals surface area contributed by atoms with E-state index in [0.717, 1.165) is 19.6 Å². The smallest absolute Gasteiger partial charge is 0.409 e. The molecule has 1 aromatic carbocycles. The van der Waals surface area contributed by atoms with Gasteiger partial charge >= 0.3 is 6.09 Å². The maximum atomic E-state index is 12.3. The van der Waals surface area contributed by atoms with Gasteiger partial charge in [0.1, 0.15) is 5.75 Å². The second-order valence-electron chi connectivity index (χ2n) is 5.48. The van der Waals surface area contributed by atoms with Crippen molar-refractivity contribution in [3.8, 4) is 5.75 Å². The molecule has 2 rings (SSSR count). The molecule has 0 atom stereocenters. The van der Waals surface area contributed by atoms with E-state index >= 15 is 0 Å². The number of carbonyl (C=O) groups excluding carboxylic acids is 2. The van der Waals surface area contributed by atoms with Gasteiger partial charge in [0.15, 0.2) is 0 Å². The molecule has 7 nitrogen and oxygen atoms in total. The third-order valence-electron chi connectivity index (χ3n) is 3.95. The topological polar surface area (TPSA) is 71.1 Å². The van der Waals surface area contributed by atoms with Gasteiger partial charge in [-0.25, -0.2) is 4.79 Å². The van der Waals surface area contributed by atoms with Gasteiger partial charge in [0, 0.05) is 39.3 Å². The fourth-order valence-electron chi connectivity index (χ4n) is 2.64. The lowest BCUT2D eigenvalue weighted by Gasteiger charge is -2.33. The van der Waals surface area contributed by atoms with E-state index in [1.165, 1.54) is 7.11 Å². The molecule has 1 aromatic rings. The number of rotatable bonds is 6. The van der Waals surface area contributed by atoms with Crippen LogP contribution in [0.3, 0.4) is 0 Å². The number of amides is 2. The summed E-state index contributed by atoms with van der Waals surface area (Å²) in [5, 5.41) is 2.92. The van der Waals surface area contributed by atoms with Gasteiger partial charge in [-0.15, -0.1) is 0 Å². The molecule has 0 bridgehead atoms.